The van der Waals surface area contributed by atoms with Crippen molar-refractivity contribution in [1.82, 2.24) is 19.1 Å². The zero-order valence-corrected chi connectivity index (χ0v) is 15.5. The molecule has 2 aromatic rings. The number of nitrogens with two attached hydrogens (primary N) is 1. The summed E-state index contributed by atoms with van der Waals surface area (Å²) in [5.41, 5.74) is 4.85. The first-order valence-electron chi connectivity index (χ1n) is 8.61. The average molecular weight is 411 g/mol. The van der Waals surface area contributed by atoms with Crippen molar-refractivity contribution >= 4 is 35.3 Å². The number of rotatable bonds is 6. The predicted octanol–water partition coefficient (Wildman–Crippen LogP) is -0.548. The maximum Gasteiger partial charge on any atom is 0.333 e. The Morgan fingerprint density at radius 3 is 2.76 bits per heavy atom. The predicted molar refractivity (Wildman–Crippen MR) is 93.0 cm³/mol. The van der Waals surface area contributed by atoms with Crippen LogP contribution in [0.3, 0.4) is 0 Å². The van der Waals surface area contributed by atoms with Crippen LogP contribution in [0.1, 0.15) is 26.5 Å². The second-order valence-corrected chi connectivity index (χ2v) is 6.12. The molecule has 0 unspecified atom stereocenters. The molecule has 12 nitrogen and oxygen atoms in total. The number of hydrogen-bond acceptors (Lipinski definition) is 10. The second kappa shape index (κ2) is 7.95. The number of imidazole rings is 1. The van der Waals surface area contributed by atoms with Gasteiger partial charge in [-0.1, -0.05) is 6.92 Å². The van der Waals surface area contributed by atoms with Gasteiger partial charge in [0.2, 0.25) is 18.4 Å². The molecular weight excluding hydrogens is 393 g/mol. The molecule has 0 radical (unpaired) electrons. The lowest BCUT2D eigenvalue weighted by molar-refractivity contribution is -0.188. The summed E-state index contributed by atoms with van der Waals surface area (Å²) in [5.74, 6) is -1.78. The van der Waals surface area contributed by atoms with Crippen LogP contribution in [-0.2, 0) is 35.1 Å². The fourth-order valence-electron chi connectivity index (χ4n) is 2.98. The van der Waals surface area contributed by atoms with Gasteiger partial charge >= 0.3 is 17.6 Å². The minimum absolute atomic E-state index is 0.0438. The summed E-state index contributed by atoms with van der Waals surface area (Å²) < 4.78 is 32.1. The van der Waals surface area contributed by atoms with Crippen LogP contribution in [0.25, 0.3) is 11.2 Å². The Morgan fingerprint density at radius 1 is 1.41 bits per heavy atom. The molecule has 4 atom stereocenters. The molecule has 0 aromatic carbocycles. The lowest BCUT2D eigenvalue weighted by Crippen LogP contribution is -2.37. The highest BCUT2D eigenvalue weighted by Crippen LogP contribution is 2.35. The Bertz CT molecular complexity index is 1020. The molecule has 0 bridgehead atoms. The monoisotopic (exact) mass is 411 g/mol. The Kier molecular flexibility index (Phi) is 5.59. The third-order valence-corrected chi connectivity index (χ3v) is 4.20. The number of nitrogens with zero attached hydrogens (tertiary/aromatic N) is 4. The molecule has 2 N–H and O–H groups in total. The third kappa shape index (κ3) is 3.68. The summed E-state index contributed by atoms with van der Waals surface area (Å²) in [6.45, 7) is 2.21. The van der Waals surface area contributed by atoms with E-state index in [1.165, 1.54) is 13.1 Å². The van der Waals surface area contributed by atoms with Crippen LogP contribution in [0.5, 0.6) is 0 Å². The molecule has 1 aliphatic heterocycles. The molecule has 3 rings (SSSR count). The van der Waals surface area contributed by atoms with Gasteiger partial charge in [0, 0.05) is 13.3 Å². The molecule has 2 aromatic heterocycles. The molecule has 1 saturated heterocycles. The summed E-state index contributed by atoms with van der Waals surface area (Å²) in [4.78, 5) is 54.7. The molecule has 3 heterocycles. The number of carbonyl (C=O) groups is 3. The first-order valence-corrected chi connectivity index (χ1v) is 8.61. The van der Waals surface area contributed by atoms with Gasteiger partial charge in [0.25, 0.3) is 0 Å². The van der Waals surface area contributed by atoms with E-state index in [1.807, 2.05) is 0 Å². The van der Waals surface area contributed by atoms with Gasteiger partial charge in [-0.2, -0.15) is 4.98 Å². The largest absolute Gasteiger partial charge is 0.454 e. The quantitative estimate of drug-likeness (QED) is 0.483. The molecule has 0 aliphatic carbocycles. The van der Waals surface area contributed by atoms with E-state index in [1.54, 1.807) is 0 Å². The summed E-state index contributed by atoms with van der Waals surface area (Å²) in [6, 6.07) is 0. The summed E-state index contributed by atoms with van der Waals surface area (Å²) in [7, 11) is 0. The van der Waals surface area contributed by atoms with Crippen LogP contribution in [-0.4, -0.2) is 55.9 Å². The van der Waals surface area contributed by atoms with Crippen LogP contribution in [0.4, 0.5) is 10.3 Å². The van der Waals surface area contributed by atoms with Gasteiger partial charge < -0.3 is 24.7 Å². The smallest absolute Gasteiger partial charge is 0.333 e. The number of esters is 2. The highest BCUT2D eigenvalue weighted by molar-refractivity contribution is 5.73. The number of alkyl halides is 1. The Morgan fingerprint density at radius 2 is 2.14 bits per heavy atom. The van der Waals surface area contributed by atoms with Crippen LogP contribution in [0.15, 0.2) is 11.0 Å². The minimum atomic E-state index is -2.07. The molecule has 0 amide bonds. The minimum Gasteiger partial charge on any atom is -0.454 e. The van der Waals surface area contributed by atoms with Gasteiger partial charge in [0.15, 0.2) is 18.0 Å². The van der Waals surface area contributed by atoms with Crippen LogP contribution in [0, 0.1) is 0 Å². The SMILES string of the molecule is CCC(=O)O[C@H]1O[C@@H](n2c(=O)n(CC=O)c3cnc(N)nc32)[C@H](OC(C)=O)[C@H]1F. The molecule has 13 heteroatoms. The van der Waals surface area contributed by atoms with Gasteiger partial charge in [-0.3, -0.25) is 14.2 Å². The van der Waals surface area contributed by atoms with E-state index < -0.39 is 42.4 Å². The first-order chi connectivity index (χ1) is 13.8. The van der Waals surface area contributed by atoms with Crippen LogP contribution in [0.2, 0.25) is 0 Å². The number of aldehydes is 1. The highest BCUT2D eigenvalue weighted by atomic mass is 19.1. The van der Waals surface area contributed by atoms with Gasteiger partial charge in [-0.15, -0.1) is 0 Å². The van der Waals surface area contributed by atoms with Crippen LogP contribution >= 0.6 is 0 Å². The van der Waals surface area contributed by atoms with Gasteiger partial charge in [0.1, 0.15) is 11.8 Å². The number of hydrogen-bond donors (Lipinski definition) is 1. The van der Waals surface area contributed by atoms with E-state index in [0.29, 0.717) is 6.29 Å². The van der Waals surface area contributed by atoms with Gasteiger partial charge in [-0.05, 0) is 0 Å². The van der Waals surface area contributed by atoms with E-state index in [4.69, 9.17) is 19.9 Å². The van der Waals surface area contributed by atoms with E-state index in [0.717, 1.165) is 16.1 Å². The molecular formula is C16H18FN5O7. The van der Waals surface area contributed by atoms with Crippen molar-refractivity contribution < 1.29 is 33.0 Å². The fraction of sp³-hybridized carbons (Fsp3) is 0.500. The van der Waals surface area contributed by atoms with Crippen molar-refractivity contribution in [2.24, 2.45) is 0 Å². The van der Waals surface area contributed by atoms with Gasteiger partial charge in [0.05, 0.1) is 12.7 Å². The number of ether oxygens (including phenoxy) is 3. The van der Waals surface area contributed by atoms with Crippen molar-refractivity contribution in [1.29, 1.82) is 0 Å². The third-order valence-electron chi connectivity index (χ3n) is 4.20. The topological polar surface area (TPSA) is 158 Å². The standard InChI is InChI=1S/C16H18FN5O7/c1-3-9(25)28-14-10(17)11(27-7(2)24)13(29-14)22-12-8(6-19-15(18)20-12)21(4-5-23)16(22)26/h5-6,10-11,13-14H,3-4H2,1-2H3,(H2,18,19,20)/t10-,11-,13-,14+/m1/s1. The van der Waals surface area contributed by atoms with Crippen molar-refractivity contribution in [3.05, 3.63) is 16.7 Å². The first kappa shape index (κ1) is 20.4. The Labute approximate surface area is 162 Å². The Balaban J connectivity index is 2.14. The maximum absolute atomic E-state index is 14.9. The summed E-state index contributed by atoms with van der Waals surface area (Å²) >= 11 is 0. The van der Waals surface area contributed by atoms with Gasteiger partial charge in [-0.25, -0.2) is 18.7 Å². The molecule has 1 aliphatic rings. The number of carbonyl (C=O) groups excluding carboxylic acids is 3. The van der Waals surface area contributed by atoms with Crippen molar-refractivity contribution in [2.75, 3.05) is 5.73 Å². The molecule has 29 heavy (non-hydrogen) atoms. The van der Waals surface area contributed by atoms with E-state index in [9.17, 15) is 23.6 Å². The second-order valence-electron chi connectivity index (χ2n) is 6.12. The van der Waals surface area contributed by atoms with E-state index in [-0.39, 0.29) is 30.1 Å². The number of fused-ring (bicyclic) bond motifs is 1. The van der Waals surface area contributed by atoms with Crippen LogP contribution < -0.4 is 11.4 Å². The van der Waals surface area contributed by atoms with Crippen molar-refractivity contribution in [3.8, 4) is 0 Å². The zero-order valence-electron chi connectivity index (χ0n) is 15.5. The van der Waals surface area contributed by atoms with Crippen molar-refractivity contribution in [3.63, 3.8) is 0 Å². The molecule has 156 valence electrons. The van der Waals surface area contributed by atoms with Crippen molar-refractivity contribution in [2.45, 2.75) is 51.6 Å². The number of halogens is 1. The molecule has 0 spiro atoms. The van der Waals surface area contributed by atoms with E-state index in [2.05, 4.69) is 9.97 Å². The number of nitrogen functional groups attached to an aromatic ring is 1. The fourth-order valence-corrected chi connectivity index (χ4v) is 2.98. The lowest BCUT2D eigenvalue weighted by Gasteiger charge is -2.19. The highest BCUT2D eigenvalue weighted by Gasteiger charge is 2.51. The number of aromatic nitrogens is 4. The normalized spacial score (nSPS) is 23.8. The molecule has 0 saturated carbocycles. The molecule has 1 fully saturated rings. The summed E-state index contributed by atoms with van der Waals surface area (Å²) in [5, 5.41) is 0. The Hall–Kier alpha value is -3.35. The summed E-state index contributed by atoms with van der Waals surface area (Å²) in [6.07, 6.45) is -5.28. The maximum atomic E-state index is 14.9. The zero-order chi connectivity index (χ0) is 21.3. The average Bonchev–Trinajstić information content (AvgIpc) is 3.10. The number of anilines is 1. The van der Waals surface area contributed by atoms with E-state index >= 15 is 0 Å². The lowest BCUT2D eigenvalue weighted by atomic mass is 10.2.